The van der Waals surface area contributed by atoms with Crippen molar-refractivity contribution < 1.29 is 9.15 Å². The maximum Gasteiger partial charge on any atom is 0.227 e. The molecule has 0 bridgehead atoms. The Bertz CT molecular complexity index is 3720. The van der Waals surface area contributed by atoms with Gasteiger partial charge in [-0.25, -0.2) is 4.98 Å². The maximum absolute atomic E-state index is 6.55. The highest BCUT2D eigenvalue weighted by Crippen LogP contribution is 2.56. The van der Waals surface area contributed by atoms with Gasteiger partial charge in [0.2, 0.25) is 5.89 Å². The zero-order chi connectivity index (χ0) is 49.8. The van der Waals surface area contributed by atoms with Crippen LogP contribution >= 0.6 is 0 Å². The van der Waals surface area contributed by atoms with E-state index in [2.05, 4.69) is 255 Å². The SMILES string of the molecule is CCC1C=C(c2ccc(N(c3ccc(-c4ccccc4)cc3)c3ccc4c(c3)C(C)(C)C3C=C(N(c5ccc(-c6ccccc6)cc5)c5ccc(-c6nc7ccccc7o6)cc5)C=CC43)cc2)Oc2ccccc21. The van der Waals surface area contributed by atoms with Crippen LogP contribution in [0.15, 0.2) is 259 Å². The number of allylic oxidation sites excluding steroid dienone is 4. The fourth-order valence-electron chi connectivity index (χ4n) is 11.6. The molecule has 3 atom stereocenters. The van der Waals surface area contributed by atoms with Crippen LogP contribution in [0.5, 0.6) is 5.75 Å². The molecular weight excluding hydrogens is 903 g/mol. The standard InChI is InChI=1S/C69H55N3O2/c1-4-46-43-67(73-65-21-13-11-19-59(46)65)51-27-35-55(36-28-51)71(53-31-23-49(24-32-53)47-15-7-5-8-16-47)57-39-41-60-61-42-40-58(45-63(61)69(2,3)62(60)44-57)72(54-33-25-50(26-34-54)48-17-9-6-10-18-48)56-37-29-52(30-38-56)68-70-64-20-12-14-22-66(64)74-68/h5-46,61,63H,4H2,1-3H3. The molecule has 3 unspecified atom stereocenters. The molecule has 2 heterocycles. The second-order valence-electron chi connectivity index (χ2n) is 20.3. The Kier molecular flexibility index (Phi) is 11.3. The number of hydrogen-bond donors (Lipinski definition) is 0. The highest BCUT2D eigenvalue weighted by Gasteiger charge is 2.46. The predicted octanol–water partition coefficient (Wildman–Crippen LogP) is 18.5. The van der Waals surface area contributed by atoms with Gasteiger partial charge in [-0.3, -0.25) is 0 Å². The number of rotatable bonds is 11. The van der Waals surface area contributed by atoms with Crippen LogP contribution < -0.4 is 14.5 Å². The van der Waals surface area contributed by atoms with Gasteiger partial charge in [-0.1, -0.05) is 154 Å². The van der Waals surface area contributed by atoms with Gasteiger partial charge in [0.25, 0.3) is 0 Å². The number of ether oxygens (including phenoxy) is 1. The molecule has 5 nitrogen and oxygen atoms in total. The number of anilines is 5. The van der Waals surface area contributed by atoms with E-state index in [-0.39, 0.29) is 17.3 Å². The summed E-state index contributed by atoms with van der Waals surface area (Å²) in [4.78, 5) is 9.60. The molecule has 3 aliphatic rings. The van der Waals surface area contributed by atoms with E-state index < -0.39 is 0 Å². The van der Waals surface area contributed by atoms with Crippen LogP contribution in [0.1, 0.15) is 61.3 Å². The van der Waals surface area contributed by atoms with Crippen LogP contribution in [-0.2, 0) is 5.41 Å². The normalized spacial score (nSPS) is 17.1. The Hall–Kier alpha value is -8.93. The highest BCUT2D eigenvalue weighted by atomic mass is 16.5. The molecule has 13 rings (SSSR count). The minimum absolute atomic E-state index is 0.199. The summed E-state index contributed by atoms with van der Waals surface area (Å²) in [5, 5.41) is 0. The third kappa shape index (κ3) is 8.11. The molecule has 0 saturated heterocycles. The number of benzene rings is 9. The lowest BCUT2D eigenvalue weighted by molar-refractivity contribution is 0.392. The summed E-state index contributed by atoms with van der Waals surface area (Å²) in [6, 6.07) is 80.1. The van der Waals surface area contributed by atoms with Crippen molar-refractivity contribution in [3.63, 3.8) is 0 Å². The fraction of sp³-hybridized carbons (Fsp3) is 0.116. The van der Waals surface area contributed by atoms with Gasteiger partial charge in [0.15, 0.2) is 5.58 Å². The lowest BCUT2D eigenvalue weighted by Gasteiger charge is -2.35. The Balaban J connectivity index is 0.857. The molecule has 0 amide bonds. The molecule has 0 radical (unpaired) electrons. The van der Waals surface area contributed by atoms with E-state index >= 15 is 0 Å². The van der Waals surface area contributed by atoms with Crippen LogP contribution in [0.4, 0.5) is 28.4 Å². The Morgan fingerprint density at radius 3 is 1.64 bits per heavy atom. The van der Waals surface area contributed by atoms with Gasteiger partial charge in [-0.15, -0.1) is 0 Å². The third-order valence-electron chi connectivity index (χ3n) is 15.5. The predicted molar refractivity (Wildman–Crippen MR) is 305 cm³/mol. The van der Waals surface area contributed by atoms with Gasteiger partial charge in [0.05, 0.1) is 0 Å². The van der Waals surface area contributed by atoms with E-state index in [0.717, 1.165) is 74.3 Å². The molecule has 5 heteroatoms. The van der Waals surface area contributed by atoms with Crippen LogP contribution in [0.25, 0.3) is 50.6 Å². The molecule has 9 aromatic carbocycles. The van der Waals surface area contributed by atoms with Crippen LogP contribution in [0.3, 0.4) is 0 Å². The minimum atomic E-state index is -0.199. The van der Waals surface area contributed by atoms with Gasteiger partial charge in [0.1, 0.15) is 17.0 Å². The molecule has 0 spiro atoms. The molecule has 0 fully saturated rings. The average molecular weight is 958 g/mol. The second-order valence-corrected chi connectivity index (χ2v) is 20.3. The molecule has 74 heavy (non-hydrogen) atoms. The van der Waals surface area contributed by atoms with Crippen molar-refractivity contribution in [2.24, 2.45) is 5.92 Å². The first-order valence-electron chi connectivity index (χ1n) is 25.9. The van der Waals surface area contributed by atoms with Crippen LogP contribution in [0, 0.1) is 5.92 Å². The van der Waals surface area contributed by atoms with E-state index in [1.54, 1.807) is 0 Å². The summed E-state index contributed by atoms with van der Waals surface area (Å²) in [6.07, 6.45) is 10.6. The largest absolute Gasteiger partial charge is 0.457 e. The van der Waals surface area contributed by atoms with Crippen molar-refractivity contribution in [3.05, 3.63) is 277 Å². The number of hydrogen-bond acceptors (Lipinski definition) is 5. The van der Waals surface area contributed by atoms with E-state index in [1.807, 2.05) is 24.3 Å². The first kappa shape index (κ1) is 45.0. The first-order chi connectivity index (χ1) is 36.4. The number of nitrogens with zero attached hydrogens (tertiary/aromatic N) is 3. The number of oxazole rings is 1. The maximum atomic E-state index is 6.55. The summed E-state index contributed by atoms with van der Waals surface area (Å²) in [5.74, 6) is 3.20. The zero-order valence-electron chi connectivity index (χ0n) is 41.8. The van der Waals surface area contributed by atoms with E-state index in [1.165, 1.54) is 38.9 Å². The highest BCUT2D eigenvalue weighted by molar-refractivity contribution is 5.82. The van der Waals surface area contributed by atoms with Crippen LogP contribution in [0.2, 0.25) is 0 Å². The van der Waals surface area contributed by atoms with E-state index in [0.29, 0.717) is 11.8 Å². The number of aromatic nitrogens is 1. The van der Waals surface area contributed by atoms with Crippen molar-refractivity contribution >= 4 is 45.3 Å². The van der Waals surface area contributed by atoms with Gasteiger partial charge in [-0.05, 0) is 166 Å². The third-order valence-corrected chi connectivity index (χ3v) is 15.5. The van der Waals surface area contributed by atoms with Crippen molar-refractivity contribution in [2.45, 2.75) is 44.4 Å². The topological polar surface area (TPSA) is 41.7 Å². The summed E-state index contributed by atoms with van der Waals surface area (Å²) in [5.41, 5.74) is 18.8. The zero-order valence-corrected chi connectivity index (χ0v) is 41.8. The molecule has 10 aromatic rings. The summed E-state index contributed by atoms with van der Waals surface area (Å²) in [6.45, 7) is 7.09. The summed E-state index contributed by atoms with van der Waals surface area (Å²) in [7, 11) is 0. The fourth-order valence-corrected chi connectivity index (χ4v) is 11.6. The van der Waals surface area contributed by atoms with Gasteiger partial charge >= 0.3 is 0 Å². The molecule has 2 aliphatic carbocycles. The Labute approximate surface area is 433 Å². The average Bonchev–Trinajstić information content (AvgIpc) is 4.04. The summed E-state index contributed by atoms with van der Waals surface area (Å²) < 4.78 is 12.7. The lowest BCUT2D eigenvalue weighted by Crippen LogP contribution is -2.28. The molecule has 358 valence electrons. The minimum Gasteiger partial charge on any atom is -0.457 e. The molecule has 1 aliphatic heterocycles. The molecule has 0 N–H and O–H groups in total. The van der Waals surface area contributed by atoms with Gasteiger partial charge < -0.3 is 19.0 Å². The molecule has 0 saturated carbocycles. The monoisotopic (exact) mass is 957 g/mol. The quantitative estimate of drug-likeness (QED) is 0.129. The van der Waals surface area contributed by atoms with Gasteiger partial charge in [0, 0.05) is 62.7 Å². The van der Waals surface area contributed by atoms with E-state index in [9.17, 15) is 0 Å². The molecule has 1 aromatic heterocycles. The van der Waals surface area contributed by atoms with Crippen LogP contribution in [-0.4, -0.2) is 4.98 Å². The summed E-state index contributed by atoms with van der Waals surface area (Å²) >= 11 is 0. The smallest absolute Gasteiger partial charge is 0.227 e. The van der Waals surface area contributed by atoms with Gasteiger partial charge in [-0.2, -0.15) is 0 Å². The van der Waals surface area contributed by atoms with Crippen molar-refractivity contribution in [3.8, 4) is 39.5 Å². The lowest BCUT2D eigenvalue weighted by atomic mass is 9.74. The molecular formula is C69H55N3O2. The van der Waals surface area contributed by atoms with E-state index in [4.69, 9.17) is 14.1 Å². The Morgan fingerprint density at radius 2 is 1.01 bits per heavy atom. The Morgan fingerprint density at radius 1 is 0.486 bits per heavy atom. The van der Waals surface area contributed by atoms with Crippen molar-refractivity contribution in [2.75, 3.05) is 9.80 Å². The second kappa shape index (κ2) is 18.6. The number of fused-ring (bicyclic) bond motifs is 5. The van der Waals surface area contributed by atoms with Crippen molar-refractivity contribution in [1.82, 2.24) is 4.98 Å². The first-order valence-corrected chi connectivity index (χ1v) is 25.9. The number of para-hydroxylation sites is 3. The van der Waals surface area contributed by atoms with Crippen molar-refractivity contribution in [1.29, 1.82) is 0 Å².